The van der Waals surface area contributed by atoms with Crippen molar-refractivity contribution in [3.8, 4) is 5.75 Å². The summed E-state index contributed by atoms with van der Waals surface area (Å²) in [5.74, 6) is 0.829. The van der Waals surface area contributed by atoms with E-state index in [1.54, 1.807) is 7.11 Å². The van der Waals surface area contributed by atoms with Crippen LogP contribution in [0.25, 0.3) is 0 Å². The molecule has 0 bridgehead atoms. The number of fused-ring (bicyclic) bond motifs is 1. The molecule has 0 spiro atoms. The summed E-state index contributed by atoms with van der Waals surface area (Å²) >= 11 is 0. The van der Waals surface area contributed by atoms with Crippen LogP contribution in [-0.2, 0) is 0 Å². The van der Waals surface area contributed by atoms with Gasteiger partial charge in [0.05, 0.1) is 7.11 Å². The van der Waals surface area contributed by atoms with Crippen LogP contribution in [0.15, 0.2) is 90.6 Å². The highest BCUT2D eigenvalue weighted by molar-refractivity contribution is 6.15. The molecular formula is C23H19NO2. The lowest BCUT2D eigenvalue weighted by molar-refractivity contribution is 0.103. The number of carbonyl (C=O) groups excluding carboxylic acids is 1. The number of hydrogen-bond donors (Lipinski definition) is 1. The van der Waals surface area contributed by atoms with Gasteiger partial charge >= 0.3 is 0 Å². The predicted molar refractivity (Wildman–Crippen MR) is 104 cm³/mol. The van der Waals surface area contributed by atoms with E-state index in [0.717, 1.165) is 33.7 Å². The van der Waals surface area contributed by atoms with E-state index in [1.165, 1.54) is 0 Å². The lowest BCUT2D eigenvalue weighted by atomic mass is 9.90. The van der Waals surface area contributed by atoms with E-state index in [2.05, 4.69) is 17.4 Å². The van der Waals surface area contributed by atoms with E-state index in [1.807, 2.05) is 72.9 Å². The third-order valence-corrected chi connectivity index (χ3v) is 4.71. The molecular weight excluding hydrogens is 322 g/mol. The number of rotatable bonds is 4. The zero-order valence-corrected chi connectivity index (χ0v) is 14.5. The molecule has 0 aliphatic heterocycles. The Morgan fingerprint density at radius 1 is 0.885 bits per heavy atom. The van der Waals surface area contributed by atoms with Gasteiger partial charge in [0.25, 0.3) is 0 Å². The van der Waals surface area contributed by atoms with Gasteiger partial charge < -0.3 is 10.1 Å². The SMILES string of the molecule is COc1ccc(N/C=C2/C(=O)c3ccccc3[C@@H]2c2ccccc2)cc1. The molecule has 1 aliphatic carbocycles. The Labute approximate surface area is 152 Å². The summed E-state index contributed by atoms with van der Waals surface area (Å²) in [6.07, 6.45) is 1.84. The number of ether oxygens (including phenoxy) is 1. The van der Waals surface area contributed by atoms with E-state index in [-0.39, 0.29) is 11.7 Å². The number of hydrogen-bond acceptors (Lipinski definition) is 3. The maximum atomic E-state index is 13.0. The average molecular weight is 341 g/mol. The predicted octanol–water partition coefficient (Wildman–Crippen LogP) is 5.02. The minimum atomic E-state index is -0.0503. The third-order valence-electron chi connectivity index (χ3n) is 4.71. The zero-order valence-electron chi connectivity index (χ0n) is 14.5. The minimum Gasteiger partial charge on any atom is -0.497 e. The molecule has 128 valence electrons. The fourth-order valence-corrected chi connectivity index (χ4v) is 3.41. The second kappa shape index (κ2) is 6.89. The molecule has 3 nitrogen and oxygen atoms in total. The molecule has 3 heteroatoms. The first-order valence-corrected chi connectivity index (χ1v) is 8.57. The summed E-state index contributed by atoms with van der Waals surface area (Å²) in [6, 6.07) is 25.6. The second-order valence-corrected chi connectivity index (χ2v) is 6.23. The summed E-state index contributed by atoms with van der Waals surface area (Å²) in [6.45, 7) is 0. The number of nitrogens with one attached hydrogen (secondary N) is 1. The van der Waals surface area contributed by atoms with E-state index >= 15 is 0 Å². The number of Topliss-reactive ketones (excluding diaryl/α,β-unsaturated/α-hetero) is 1. The van der Waals surface area contributed by atoms with Gasteiger partial charge in [-0.25, -0.2) is 0 Å². The lowest BCUT2D eigenvalue weighted by Crippen LogP contribution is -2.05. The molecule has 26 heavy (non-hydrogen) atoms. The van der Waals surface area contributed by atoms with Crippen molar-refractivity contribution < 1.29 is 9.53 Å². The summed E-state index contributed by atoms with van der Waals surface area (Å²) in [7, 11) is 1.64. The molecule has 3 aromatic carbocycles. The highest BCUT2D eigenvalue weighted by Gasteiger charge is 2.35. The molecule has 0 fully saturated rings. The molecule has 1 aliphatic rings. The Balaban J connectivity index is 1.72. The van der Waals surface area contributed by atoms with Crippen molar-refractivity contribution in [3.05, 3.63) is 107 Å². The van der Waals surface area contributed by atoms with E-state index in [4.69, 9.17) is 4.74 Å². The van der Waals surface area contributed by atoms with Gasteiger partial charge in [-0.1, -0.05) is 54.6 Å². The quantitative estimate of drug-likeness (QED) is 0.677. The number of carbonyl (C=O) groups is 1. The van der Waals surface area contributed by atoms with Crippen LogP contribution >= 0.6 is 0 Å². The van der Waals surface area contributed by atoms with Crippen LogP contribution in [0.1, 0.15) is 27.4 Å². The fraction of sp³-hybridized carbons (Fsp3) is 0.0870. The number of anilines is 1. The van der Waals surface area contributed by atoms with Gasteiger partial charge in [0.1, 0.15) is 5.75 Å². The molecule has 0 heterocycles. The van der Waals surface area contributed by atoms with Crippen molar-refractivity contribution >= 4 is 11.5 Å². The van der Waals surface area contributed by atoms with Crippen LogP contribution in [0.2, 0.25) is 0 Å². The minimum absolute atomic E-state index is 0.0503. The summed E-state index contributed by atoms with van der Waals surface area (Å²) in [5.41, 5.74) is 4.63. The van der Waals surface area contributed by atoms with E-state index in [9.17, 15) is 4.79 Å². The lowest BCUT2D eigenvalue weighted by Gasteiger charge is -2.14. The maximum absolute atomic E-state index is 13.0. The van der Waals surface area contributed by atoms with E-state index in [0.29, 0.717) is 0 Å². The van der Waals surface area contributed by atoms with Gasteiger partial charge in [-0.2, -0.15) is 0 Å². The Hall–Kier alpha value is -3.33. The van der Waals surface area contributed by atoms with Crippen LogP contribution in [-0.4, -0.2) is 12.9 Å². The molecule has 4 rings (SSSR count). The Morgan fingerprint density at radius 3 is 2.31 bits per heavy atom. The second-order valence-electron chi connectivity index (χ2n) is 6.23. The van der Waals surface area contributed by atoms with Gasteiger partial charge in [0.2, 0.25) is 0 Å². The first-order chi connectivity index (χ1) is 12.8. The molecule has 1 atom stereocenters. The molecule has 1 N–H and O–H groups in total. The van der Waals surface area contributed by atoms with Crippen molar-refractivity contribution in [1.82, 2.24) is 0 Å². The largest absolute Gasteiger partial charge is 0.497 e. The van der Waals surface area contributed by atoms with E-state index < -0.39 is 0 Å². The smallest absolute Gasteiger partial charge is 0.191 e. The number of ketones is 1. The van der Waals surface area contributed by atoms with Gasteiger partial charge in [0, 0.05) is 28.9 Å². The maximum Gasteiger partial charge on any atom is 0.191 e. The molecule has 0 saturated carbocycles. The van der Waals surface area contributed by atoms with Crippen LogP contribution in [0, 0.1) is 0 Å². The number of methoxy groups -OCH3 is 1. The normalized spacial score (nSPS) is 17.2. The monoisotopic (exact) mass is 341 g/mol. The number of benzene rings is 3. The standard InChI is InChI=1S/C23H19NO2/c1-26-18-13-11-17(12-14-18)24-15-21-22(16-7-3-2-4-8-16)19-9-5-6-10-20(19)23(21)25/h2-15,22,24H,1H3/b21-15+/t22-/m0/s1. The van der Waals surface area contributed by atoms with Crippen molar-refractivity contribution in [2.75, 3.05) is 12.4 Å². The van der Waals surface area contributed by atoms with Gasteiger partial charge in [-0.15, -0.1) is 0 Å². The zero-order chi connectivity index (χ0) is 17.9. The topological polar surface area (TPSA) is 38.3 Å². The molecule has 0 saturated heterocycles. The first-order valence-electron chi connectivity index (χ1n) is 8.57. The molecule has 3 aromatic rings. The molecule has 0 aromatic heterocycles. The Kier molecular flexibility index (Phi) is 4.28. The van der Waals surface area contributed by atoms with Gasteiger partial charge in [0.15, 0.2) is 5.78 Å². The van der Waals surface area contributed by atoms with Gasteiger partial charge in [-0.05, 0) is 35.4 Å². The fourth-order valence-electron chi connectivity index (χ4n) is 3.41. The molecule has 0 unspecified atom stereocenters. The summed E-state index contributed by atoms with van der Waals surface area (Å²) in [5, 5.41) is 3.26. The third kappa shape index (κ3) is 2.88. The summed E-state index contributed by atoms with van der Waals surface area (Å²) < 4.78 is 5.18. The molecule has 0 amide bonds. The van der Waals surface area contributed by atoms with Crippen LogP contribution in [0.3, 0.4) is 0 Å². The first kappa shape index (κ1) is 16.2. The van der Waals surface area contributed by atoms with Crippen LogP contribution < -0.4 is 10.1 Å². The van der Waals surface area contributed by atoms with Gasteiger partial charge in [-0.3, -0.25) is 4.79 Å². The Morgan fingerprint density at radius 2 is 1.58 bits per heavy atom. The van der Waals surface area contributed by atoms with Crippen molar-refractivity contribution in [2.24, 2.45) is 0 Å². The Bertz CT molecular complexity index is 959. The molecule has 0 radical (unpaired) electrons. The van der Waals surface area contributed by atoms with Crippen molar-refractivity contribution in [2.45, 2.75) is 5.92 Å². The van der Waals surface area contributed by atoms with Crippen molar-refractivity contribution in [3.63, 3.8) is 0 Å². The summed E-state index contributed by atoms with van der Waals surface area (Å²) in [4.78, 5) is 13.0. The highest BCUT2D eigenvalue weighted by atomic mass is 16.5. The average Bonchev–Trinajstić information content (AvgIpc) is 2.99. The number of allylic oxidation sites excluding steroid dienone is 1. The van der Waals surface area contributed by atoms with Crippen LogP contribution in [0.5, 0.6) is 5.75 Å². The van der Waals surface area contributed by atoms with Crippen LogP contribution in [0.4, 0.5) is 5.69 Å². The van der Waals surface area contributed by atoms with Crippen molar-refractivity contribution in [1.29, 1.82) is 0 Å². The highest BCUT2D eigenvalue weighted by Crippen LogP contribution is 2.41.